The fraction of sp³-hybridized carbons (Fsp3) is 0.368. The lowest BCUT2D eigenvalue weighted by atomic mass is 10.1. The van der Waals surface area contributed by atoms with Gasteiger partial charge >= 0.3 is 0 Å². The molecule has 0 aromatic carbocycles. The number of aryl methyl sites for hydroxylation is 2. The van der Waals surface area contributed by atoms with E-state index in [2.05, 4.69) is 15.3 Å². The zero-order chi connectivity index (χ0) is 19.2. The molecule has 1 N–H and O–H groups in total. The number of furan rings is 1. The summed E-state index contributed by atoms with van der Waals surface area (Å²) in [7, 11) is 1.61. The highest BCUT2D eigenvalue weighted by atomic mass is 16.5. The molecule has 0 fully saturated rings. The third kappa shape index (κ3) is 4.22. The van der Waals surface area contributed by atoms with Crippen LogP contribution in [0.5, 0.6) is 0 Å². The van der Waals surface area contributed by atoms with Gasteiger partial charge in [-0.25, -0.2) is 4.98 Å². The smallest absolute Gasteiger partial charge is 0.265 e. The molecule has 142 valence electrons. The third-order valence-corrected chi connectivity index (χ3v) is 4.22. The Balaban J connectivity index is 1.80. The predicted octanol–water partition coefficient (Wildman–Crippen LogP) is 1.70. The number of rotatable bonds is 8. The molecule has 0 bridgehead atoms. The monoisotopic (exact) mass is 370 g/mol. The second kappa shape index (κ2) is 8.59. The second-order valence-electron chi connectivity index (χ2n) is 6.13. The van der Waals surface area contributed by atoms with E-state index in [-0.39, 0.29) is 28.1 Å². The van der Waals surface area contributed by atoms with Crippen molar-refractivity contribution in [2.75, 3.05) is 20.3 Å². The Morgan fingerprint density at radius 2 is 2.19 bits per heavy atom. The number of carbonyl (C=O) groups excluding carboxylic acids is 1. The maximum atomic E-state index is 12.8. The number of ether oxygens (including phenoxy) is 1. The van der Waals surface area contributed by atoms with Crippen LogP contribution in [0.2, 0.25) is 0 Å². The van der Waals surface area contributed by atoms with E-state index < -0.39 is 0 Å². The molecule has 8 nitrogen and oxygen atoms in total. The minimum Gasteiger partial charge on any atom is -0.442 e. The van der Waals surface area contributed by atoms with Gasteiger partial charge in [0.1, 0.15) is 17.5 Å². The molecule has 3 aromatic rings. The molecule has 0 saturated carbocycles. The van der Waals surface area contributed by atoms with Crippen molar-refractivity contribution in [2.45, 2.75) is 26.3 Å². The Bertz CT molecular complexity index is 979. The van der Waals surface area contributed by atoms with Gasteiger partial charge in [0, 0.05) is 45.1 Å². The van der Waals surface area contributed by atoms with E-state index in [0.717, 1.165) is 5.69 Å². The van der Waals surface area contributed by atoms with Crippen LogP contribution in [-0.4, -0.2) is 40.7 Å². The SMILES string of the molecule is COCCCn1cnc2oc(C)c(C(=O)NCCc3ccccn3)c2c1=O. The molecular formula is C19H22N4O4. The maximum Gasteiger partial charge on any atom is 0.265 e. The summed E-state index contributed by atoms with van der Waals surface area (Å²) >= 11 is 0. The standard InChI is InChI=1S/C19H22N4O4/c1-13-15(17(24)21-9-7-14-6-3-4-8-20-14)16-18(27-13)22-12-23(19(16)25)10-5-11-26-2/h3-4,6,8,12H,5,7,9-11H2,1-2H3,(H,21,24). The summed E-state index contributed by atoms with van der Waals surface area (Å²) in [6.07, 6.45) is 4.42. The third-order valence-electron chi connectivity index (χ3n) is 4.22. The average Bonchev–Trinajstić information content (AvgIpc) is 3.01. The minimum atomic E-state index is -0.351. The molecule has 3 heterocycles. The van der Waals surface area contributed by atoms with Gasteiger partial charge in [0.2, 0.25) is 5.71 Å². The van der Waals surface area contributed by atoms with Crippen molar-refractivity contribution in [3.8, 4) is 0 Å². The molecule has 27 heavy (non-hydrogen) atoms. The van der Waals surface area contributed by atoms with Crippen LogP contribution in [-0.2, 0) is 17.7 Å². The van der Waals surface area contributed by atoms with E-state index in [9.17, 15) is 9.59 Å². The number of pyridine rings is 1. The number of nitrogens with zero attached hydrogens (tertiary/aromatic N) is 3. The highest BCUT2D eigenvalue weighted by molar-refractivity contribution is 6.06. The second-order valence-corrected chi connectivity index (χ2v) is 6.13. The summed E-state index contributed by atoms with van der Waals surface area (Å²) in [6, 6.07) is 5.64. The number of methoxy groups -OCH3 is 1. The van der Waals surface area contributed by atoms with Crippen LogP contribution in [0.1, 0.15) is 28.2 Å². The van der Waals surface area contributed by atoms with Gasteiger partial charge < -0.3 is 14.5 Å². The maximum absolute atomic E-state index is 12.8. The van der Waals surface area contributed by atoms with Crippen molar-refractivity contribution in [3.05, 3.63) is 58.1 Å². The van der Waals surface area contributed by atoms with Crippen molar-refractivity contribution < 1.29 is 13.9 Å². The van der Waals surface area contributed by atoms with Crippen molar-refractivity contribution in [1.29, 1.82) is 0 Å². The van der Waals surface area contributed by atoms with Gasteiger partial charge in [-0.15, -0.1) is 0 Å². The molecular weight excluding hydrogens is 348 g/mol. The van der Waals surface area contributed by atoms with Gasteiger partial charge in [0.05, 0.1) is 5.56 Å². The fourth-order valence-electron chi connectivity index (χ4n) is 2.89. The van der Waals surface area contributed by atoms with Crippen LogP contribution < -0.4 is 10.9 Å². The van der Waals surface area contributed by atoms with Gasteiger partial charge in [-0.1, -0.05) is 6.07 Å². The summed E-state index contributed by atoms with van der Waals surface area (Å²) in [6.45, 7) is 3.06. The topological polar surface area (TPSA) is 99.2 Å². The minimum absolute atomic E-state index is 0.176. The van der Waals surface area contributed by atoms with Crippen LogP contribution >= 0.6 is 0 Å². The largest absolute Gasteiger partial charge is 0.442 e. The molecule has 3 rings (SSSR count). The average molecular weight is 370 g/mol. The molecule has 0 unspecified atom stereocenters. The first kappa shape index (κ1) is 18.8. The molecule has 0 spiro atoms. The van der Waals surface area contributed by atoms with Crippen LogP contribution in [0, 0.1) is 6.92 Å². The first-order chi connectivity index (χ1) is 13.1. The number of hydrogen-bond donors (Lipinski definition) is 1. The van der Waals surface area contributed by atoms with Gasteiger partial charge in [-0.2, -0.15) is 0 Å². The normalized spacial score (nSPS) is 11.0. The highest BCUT2D eigenvalue weighted by Gasteiger charge is 2.22. The van der Waals surface area contributed by atoms with Gasteiger partial charge in [0.25, 0.3) is 11.5 Å². The Morgan fingerprint density at radius 3 is 2.93 bits per heavy atom. The molecule has 0 atom stereocenters. The van der Waals surface area contributed by atoms with Crippen molar-refractivity contribution in [1.82, 2.24) is 19.9 Å². The number of amides is 1. The summed E-state index contributed by atoms with van der Waals surface area (Å²) < 4.78 is 12.0. The van der Waals surface area contributed by atoms with Crippen molar-refractivity contribution in [3.63, 3.8) is 0 Å². The van der Waals surface area contributed by atoms with E-state index in [1.54, 1.807) is 20.2 Å². The fourth-order valence-corrected chi connectivity index (χ4v) is 2.89. The number of nitrogens with one attached hydrogen (secondary N) is 1. The van der Waals surface area contributed by atoms with E-state index >= 15 is 0 Å². The number of aromatic nitrogens is 3. The van der Waals surface area contributed by atoms with E-state index in [0.29, 0.717) is 38.3 Å². The summed E-state index contributed by atoms with van der Waals surface area (Å²) in [5.74, 6) is 0.0234. The Kier molecular flexibility index (Phi) is 5.97. The number of fused-ring (bicyclic) bond motifs is 1. The summed E-state index contributed by atoms with van der Waals surface area (Å²) in [4.78, 5) is 33.9. The predicted molar refractivity (Wildman–Crippen MR) is 99.8 cm³/mol. The molecule has 0 radical (unpaired) electrons. The molecule has 0 saturated heterocycles. The van der Waals surface area contributed by atoms with Crippen LogP contribution in [0.4, 0.5) is 0 Å². The molecule has 0 aliphatic rings. The highest BCUT2D eigenvalue weighted by Crippen LogP contribution is 2.20. The molecule has 0 aliphatic carbocycles. The summed E-state index contributed by atoms with van der Waals surface area (Å²) in [5, 5.41) is 3.04. The zero-order valence-electron chi connectivity index (χ0n) is 15.4. The molecule has 3 aromatic heterocycles. The Morgan fingerprint density at radius 1 is 1.33 bits per heavy atom. The lowest BCUT2D eigenvalue weighted by molar-refractivity contribution is 0.0954. The van der Waals surface area contributed by atoms with E-state index in [1.165, 1.54) is 10.9 Å². The van der Waals surface area contributed by atoms with Crippen LogP contribution in [0.3, 0.4) is 0 Å². The number of carbonyl (C=O) groups is 1. The molecule has 1 amide bonds. The van der Waals surface area contributed by atoms with Crippen LogP contribution in [0.25, 0.3) is 11.1 Å². The lowest BCUT2D eigenvalue weighted by Gasteiger charge is -2.06. The van der Waals surface area contributed by atoms with Gasteiger partial charge in [-0.3, -0.25) is 19.1 Å². The first-order valence-corrected chi connectivity index (χ1v) is 8.77. The Labute approximate surface area is 156 Å². The molecule has 0 aliphatic heterocycles. The van der Waals surface area contributed by atoms with Crippen LogP contribution in [0.15, 0.2) is 39.9 Å². The Hall–Kier alpha value is -3.00. The van der Waals surface area contributed by atoms with Crippen molar-refractivity contribution >= 4 is 17.0 Å². The lowest BCUT2D eigenvalue weighted by Crippen LogP contribution is -2.28. The zero-order valence-corrected chi connectivity index (χ0v) is 15.4. The van der Waals surface area contributed by atoms with Crippen molar-refractivity contribution in [2.24, 2.45) is 0 Å². The van der Waals surface area contributed by atoms with Gasteiger partial charge in [0.15, 0.2) is 0 Å². The van der Waals surface area contributed by atoms with E-state index in [1.807, 2.05) is 18.2 Å². The quantitative estimate of drug-likeness (QED) is 0.606. The molecule has 8 heteroatoms. The number of hydrogen-bond acceptors (Lipinski definition) is 6. The first-order valence-electron chi connectivity index (χ1n) is 8.77. The van der Waals surface area contributed by atoms with Gasteiger partial charge in [-0.05, 0) is 25.5 Å². The summed E-state index contributed by atoms with van der Waals surface area (Å²) in [5.41, 5.74) is 1.01. The van der Waals surface area contributed by atoms with E-state index in [4.69, 9.17) is 9.15 Å².